The zero-order chi connectivity index (χ0) is 14.9. The quantitative estimate of drug-likeness (QED) is 0.908. The van der Waals surface area contributed by atoms with E-state index in [1.54, 1.807) is 0 Å². The second-order valence-electron chi connectivity index (χ2n) is 4.58. The molecule has 0 aliphatic carbocycles. The fourth-order valence-corrected chi connectivity index (χ4v) is 3.98. The number of halogens is 2. The van der Waals surface area contributed by atoms with Crippen LogP contribution in [0.15, 0.2) is 18.2 Å². The van der Waals surface area contributed by atoms with E-state index in [9.17, 15) is 17.6 Å². The van der Waals surface area contributed by atoms with Crippen molar-refractivity contribution in [3.8, 4) is 0 Å². The maximum atomic E-state index is 13.1. The van der Waals surface area contributed by atoms with E-state index in [4.69, 9.17) is 11.6 Å². The highest BCUT2D eigenvalue weighted by Gasteiger charge is 2.34. The molecule has 0 radical (unpaired) electrons. The molecule has 0 saturated carbocycles. The van der Waals surface area contributed by atoms with Crippen molar-refractivity contribution in [2.45, 2.75) is 18.7 Å². The molecule has 1 atom stereocenters. The Hall–Kier alpha value is -1.18. The Morgan fingerprint density at radius 2 is 2.20 bits per heavy atom. The van der Waals surface area contributed by atoms with Gasteiger partial charge in [-0.15, -0.1) is 0 Å². The molecule has 1 saturated heterocycles. The van der Waals surface area contributed by atoms with Crippen LogP contribution in [-0.4, -0.2) is 37.8 Å². The fraction of sp³-hybridized carbons (Fsp3) is 0.417. The Labute approximate surface area is 121 Å². The van der Waals surface area contributed by atoms with Gasteiger partial charge in [-0.2, -0.15) is 4.31 Å². The van der Waals surface area contributed by atoms with Gasteiger partial charge in [0, 0.05) is 13.1 Å². The second kappa shape index (κ2) is 5.67. The Bertz CT molecular complexity index is 636. The highest BCUT2D eigenvalue weighted by Crippen LogP contribution is 2.20. The lowest BCUT2D eigenvalue weighted by molar-refractivity contribution is -0.126. The van der Waals surface area contributed by atoms with Gasteiger partial charge < -0.3 is 5.32 Å². The number of rotatable bonds is 3. The van der Waals surface area contributed by atoms with E-state index in [0.29, 0.717) is 5.56 Å². The summed E-state index contributed by atoms with van der Waals surface area (Å²) in [5.41, 5.74) is 0.384. The van der Waals surface area contributed by atoms with Gasteiger partial charge in [-0.05, 0) is 24.6 Å². The summed E-state index contributed by atoms with van der Waals surface area (Å²) in [6.45, 7) is 2.04. The largest absolute Gasteiger partial charge is 0.353 e. The maximum Gasteiger partial charge on any atom is 0.238 e. The van der Waals surface area contributed by atoms with Crippen LogP contribution in [0, 0.1) is 5.82 Å². The van der Waals surface area contributed by atoms with Crippen LogP contribution in [-0.2, 0) is 20.6 Å². The predicted octanol–water partition coefficient (Wildman–Crippen LogP) is 1.13. The lowest BCUT2D eigenvalue weighted by Crippen LogP contribution is -2.55. The molecule has 1 amide bonds. The number of hydrogen-bond acceptors (Lipinski definition) is 3. The molecule has 1 fully saturated rings. The third-order valence-electron chi connectivity index (χ3n) is 3.13. The molecule has 0 spiro atoms. The lowest BCUT2D eigenvalue weighted by atomic mass is 10.2. The van der Waals surface area contributed by atoms with Crippen LogP contribution in [0.3, 0.4) is 0 Å². The van der Waals surface area contributed by atoms with Gasteiger partial charge in [-0.1, -0.05) is 17.7 Å². The number of piperazine rings is 1. The number of benzene rings is 1. The molecule has 0 aromatic heterocycles. The Morgan fingerprint density at radius 3 is 2.85 bits per heavy atom. The fourth-order valence-electron chi connectivity index (χ4n) is 2.06. The molecule has 20 heavy (non-hydrogen) atoms. The normalized spacial score (nSPS) is 20.8. The van der Waals surface area contributed by atoms with Crippen molar-refractivity contribution in [1.29, 1.82) is 0 Å². The molecular formula is C12H14ClFN2O3S. The molecule has 1 aliphatic heterocycles. The van der Waals surface area contributed by atoms with Gasteiger partial charge in [-0.25, -0.2) is 12.8 Å². The number of hydrogen-bond donors (Lipinski definition) is 1. The van der Waals surface area contributed by atoms with Crippen LogP contribution in [0.5, 0.6) is 0 Å². The molecule has 8 heteroatoms. The molecule has 0 unspecified atom stereocenters. The van der Waals surface area contributed by atoms with Crippen LogP contribution in [0.2, 0.25) is 5.02 Å². The number of carbonyl (C=O) groups excluding carboxylic acids is 1. The number of carbonyl (C=O) groups is 1. The van der Waals surface area contributed by atoms with Gasteiger partial charge >= 0.3 is 0 Å². The van der Waals surface area contributed by atoms with E-state index in [1.807, 2.05) is 0 Å². The van der Waals surface area contributed by atoms with Gasteiger partial charge in [-0.3, -0.25) is 4.79 Å². The first-order valence-corrected chi connectivity index (χ1v) is 8.01. The number of sulfonamides is 1. The molecular weight excluding hydrogens is 307 g/mol. The lowest BCUT2D eigenvalue weighted by Gasteiger charge is -2.31. The van der Waals surface area contributed by atoms with Crippen molar-refractivity contribution in [3.63, 3.8) is 0 Å². The monoisotopic (exact) mass is 320 g/mol. The number of nitrogens with zero attached hydrogens (tertiary/aromatic N) is 1. The first kappa shape index (κ1) is 15.2. The summed E-state index contributed by atoms with van der Waals surface area (Å²) >= 11 is 5.63. The SMILES string of the molecule is C[C@H]1C(=O)NCCN1S(=O)(=O)Cc1ccc(F)c(Cl)c1. The first-order valence-electron chi connectivity index (χ1n) is 6.02. The van der Waals surface area contributed by atoms with E-state index in [-0.39, 0.29) is 29.8 Å². The van der Waals surface area contributed by atoms with E-state index in [0.717, 1.165) is 10.4 Å². The van der Waals surface area contributed by atoms with Gasteiger partial charge in [0.05, 0.1) is 10.8 Å². The van der Waals surface area contributed by atoms with Gasteiger partial charge in [0.15, 0.2) is 0 Å². The van der Waals surface area contributed by atoms with Crippen LogP contribution >= 0.6 is 11.6 Å². The van der Waals surface area contributed by atoms with Crippen LogP contribution < -0.4 is 5.32 Å². The second-order valence-corrected chi connectivity index (χ2v) is 6.91. The Balaban J connectivity index is 2.22. The third-order valence-corrected chi connectivity index (χ3v) is 5.33. The topological polar surface area (TPSA) is 66.5 Å². The van der Waals surface area contributed by atoms with Gasteiger partial charge in [0.2, 0.25) is 15.9 Å². The van der Waals surface area contributed by atoms with Crippen molar-refractivity contribution in [2.24, 2.45) is 0 Å². The summed E-state index contributed by atoms with van der Waals surface area (Å²) in [5.74, 6) is -1.24. The van der Waals surface area contributed by atoms with Crippen molar-refractivity contribution in [1.82, 2.24) is 9.62 Å². The Kier molecular flexibility index (Phi) is 4.31. The molecule has 1 aromatic carbocycles. The zero-order valence-electron chi connectivity index (χ0n) is 10.8. The molecule has 0 bridgehead atoms. The average molecular weight is 321 g/mol. The van der Waals surface area contributed by atoms with Gasteiger partial charge in [0.1, 0.15) is 11.9 Å². The predicted molar refractivity (Wildman–Crippen MR) is 73.2 cm³/mol. The summed E-state index contributed by atoms with van der Waals surface area (Å²) in [6, 6.07) is 3.03. The molecule has 1 heterocycles. The molecule has 2 rings (SSSR count). The minimum absolute atomic E-state index is 0.123. The highest BCUT2D eigenvalue weighted by molar-refractivity contribution is 7.88. The van der Waals surface area contributed by atoms with Crippen LogP contribution in [0.25, 0.3) is 0 Å². The van der Waals surface area contributed by atoms with Crippen LogP contribution in [0.4, 0.5) is 4.39 Å². The van der Waals surface area contributed by atoms with Crippen molar-refractivity contribution < 1.29 is 17.6 Å². The first-order chi connectivity index (χ1) is 9.31. The van der Waals surface area contributed by atoms with Crippen LogP contribution in [0.1, 0.15) is 12.5 Å². The molecule has 1 aliphatic rings. The highest BCUT2D eigenvalue weighted by atomic mass is 35.5. The van der Waals surface area contributed by atoms with Crippen molar-refractivity contribution in [2.75, 3.05) is 13.1 Å². The summed E-state index contributed by atoms with van der Waals surface area (Å²) in [6.07, 6.45) is 0. The number of nitrogens with one attached hydrogen (secondary N) is 1. The van der Waals surface area contributed by atoms with E-state index in [2.05, 4.69) is 5.32 Å². The van der Waals surface area contributed by atoms with Crippen molar-refractivity contribution >= 4 is 27.5 Å². The van der Waals surface area contributed by atoms with E-state index in [1.165, 1.54) is 19.1 Å². The summed E-state index contributed by atoms with van der Waals surface area (Å²) < 4.78 is 38.8. The van der Waals surface area contributed by atoms with E-state index >= 15 is 0 Å². The average Bonchev–Trinajstić information content (AvgIpc) is 2.36. The molecule has 110 valence electrons. The smallest absolute Gasteiger partial charge is 0.238 e. The van der Waals surface area contributed by atoms with Crippen molar-refractivity contribution in [3.05, 3.63) is 34.6 Å². The third kappa shape index (κ3) is 3.11. The van der Waals surface area contributed by atoms with Gasteiger partial charge in [0.25, 0.3) is 0 Å². The zero-order valence-corrected chi connectivity index (χ0v) is 12.3. The minimum Gasteiger partial charge on any atom is -0.353 e. The molecule has 1 N–H and O–H groups in total. The van der Waals surface area contributed by atoms with E-state index < -0.39 is 21.9 Å². The standard InChI is InChI=1S/C12H14ClFN2O3S/c1-8-12(17)15-4-5-16(8)20(18,19)7-9-2-3-11(14)10(13)6-9/h2-3,6,8H,4-5,7H2,1H3,(H,15,17)/t8-/m0/s1. The maximum absolute atomic E-state index is 13.1. The summed E-state index contributed by atoms with van der Waals surface area (Å²) in [7, 11) is -3.66. The molecule has 5 nitrogen and oxygen atoms in total. The summed E-state index contributed by atoms with van der Waals surface area (Å²) in [4.78, 5) is 11.5. The molecule has 1 aromatic rings. The Morgan fingerprint density at radius 1 is 1.50 bits per heavy atom. The minimum atomic E-state index is -3.66. The number of amides is 1. The summed E-state index contributed by atoms with van der Waals surface area (Å²) in [5, 5.41) is 2.48.